The lowest BCUT2D eigenvalue weighted by atomic mass is 10.0. The van der Waals surface area contributed by atoms with Crippen molar-refractivity contribution in [2.75, 3.05) is 11.9 Å². The van der Waals surface area contributed by atoms with Gasteiger partial charge >= 0.3 is 0 Å². The minimum absolute atomic E-state index is 0.0872. The monoisotopic (exact) mass is 421 g/mol. The number of carbonyl (C=O) groups is 2. The minimum atomic E-state index is -0.676. The number of carbonyl (C=O) groups excluding carboxylic acids is 2. The van der Waals surface area contributed by atoms with E-state index >= 15 is 0 Å². The largest absolute Gasteiger partial charge is 0.492 e. The van der Waals surface area contributed by atoms with Crippen LogP contribution < -0.4 is 15.4 Å². The van der Waals surface area contributed by atoms with E-state index in [4.69, 9.17) is 4.74 Å². The first kappa shape index (κ1) is 22.0. The molecule has 3 aromatic rings. The first-order valence-corrected chi connectivity index (χ1v) is 10.2. The average Bonchev–Trinajstić information content (AvgIpc) is 3.25. The number of aryl methyl sites for hydroxylation is 1. The number of hydrogen-bond donors (Lipinski definition) is 2. The fourth-order valence-corrected chi connectivity index (χ4v) is 3.03. The Bertz CT molecular complexity index is 1020. The first-order chi connectivity index (χ1) is 14.9. The summed E-state index contributed by atoms with van der Waals surface area (Å²) in [5.41, 5.74) is 2.11. The summed E-state index contributed by atoms with van der Waals surface area (Å²) in [5, 5.41) is 9.75. The van der Waals surface area contributed by atoms with Crippen molar-refractivity contribution in [2.24, 2.45) is 5.92 Å². The molecule has 0 spiro atoms. The van der Waals surface area contributed by atoms with Gasteiger partial charge in [-0.3, -0.25) is 9.59 Å². The molecule has 1 unspecified atom stereocenters. The molecule has 0 fully saturated rings. The third-order valence-electron chi connectivity index (χ3n) is 4.67. The van der Waals surface area contributed by atoms with Crippen LogP contribution >= 0.6 is 0 Å². The lowest BCUT2D eigenvalue weighted by molar-refractivity contribution is -0.118. The fourth-order valence-electron chi connectivity index (χ4n) is 3.03. The Hall–Kier alpha value is -3.68. The Kier molecular flexibility index (Phi) is 7.37. The first-order valence-electron chi connectivity index (χ1n) is 10.2. The zero-order chi connectivity index (χ0) is 22.2. The highest BCUT2D eigenvalue weighted by Crippen LogP contribution is 2.18. The molecule has 2 amide bonds. The molecule has 1 atom stereocenters. The molecular weight excluding hydrogens is 394 g/mol. The predicted molar refractivity (Wildman–Crippen MR) is 118 cm³/mol. The maximum atomic E-state index is 12.9. The van der Waals surface area contributed by atoms with Crippen LogP contribution in [0.4, 0.5) is 5.69 Å². The highest BCUT2D eigenvalue weighted by atomic mass is 16.5. The normalized spacial score (nSPS) is 11.7. The van der Waals surface area contributed by atoms with Crippen LogP contribution in [0.2, 0.25) is 0 Å². The van der Waals surface area contributed by atoms with Gasteiger partial charge in [-0.05, 0) is 37.1 Å². The molecule has 1 aromatic heterocycles. The smallest absolute Gasteiger partial charge is 0.251 e. The third kappa shape index (κ3) is 6.40. The molecule has 8 heteroatoms. The van der Waals surface area contributed by atoms with Crippen molar-refractivity contribution in [1.82, 2.24) is 20.1 Å². The number of hydrogen-bond acceptors (Lipinski definition) is 5. The van der Waals surface area contributed by atoms with Crippen LogP contribution in [0.25, 0.3) is 0 Å². The number of aromatic nitrogens is 3. The van der Waals surface area contributed by atoms with E-state index in [1.165, 1.54) is 6.33 Å². The van der Waals surface area contributed by atoms with Gasteiger partial charge in [0.2, 0.25) is 5.91 Å². The second-order valence-corrected chi connectivity index (χ2v) is 7.59. The Morgan fingerprint density at radius 3 is 2.65 bits per heavy atom. The van der Waals surface area contributed by atoms with Crippen LogP contribution in [0.15, 0.2) is 61.2 Å². The number of nitrogens with one attached hydrogen (secondary N) is 2. The quantitative estimate of drug-likeness (QED) is 0.553. The molecule has 2 aromatic carbocycles. The summed E-state index contributed by atoms with van der Waals surface area (Å²) < 4.78 is 7.41. The number of nitrogens with zero attached hydrogens (tertiary/aromatic N) is 3. The average molecular weight is 422 g/mol. The van der Waals surface area contributed by atoms with E-state index in [0.29, 0.717) is 30.2 Å². The molecule has 3 rings (SSSR count). The number of rotatable bonds is 9. The Labute approximate surface area is 181 Å². The maximum Gasteiger partial charge on any atom is 0.251 e. The lowest BCUT2D eigenvalue weighted by Crippen LogP contribution is -2.47. The van der Waals surface area contributed by atoms with E-state index in [1.807, 2.05) is 39.0 Å². The van der Waals surface area contributed by atoms with Crippen molar-refractivity contribution >= 4 is 17.5 Å². The summed E-state index contributed by atoms with van der Waals surface area (Å²) in [5.74, 6) is -0.0165. The van der Waals surface area contributed by atoms with Crippen LogP contribution in [0.3, 0.4) is 0 Å². The summed E-state index contributed by atoms with van der Waals surface area (Å²) in [6.45, 7) is 6.69. The van der Waals surface area contributed by atoms with Crippen molar-refractivity contribution in [3.8, 4) is 5.75 Å². The molecule has 0 saturated carbocycles. The van der Waals surface area contributed by atoms with Gasteiger partial charge in [-0.1, -0.05) is 37.6 Å². The highest BCUT2D eigenvalue weighted by molar-refractivity contribution is 6.01. The zero-order valence-electron chi connectivity index (χ0n) is 17.9. The molecule has 0 bridgehead atoms. The van der Waals surface area contributed by atoms with Crippen molar-refractivity contribution in [3.63, 3.8) is 0 Å². The topological polar surface area (TPSA) is 98.1 Å². The van der Waals surface area contributed by atoms with E-state index in [2.05, 4.69) is 20.7 Å². The van der Waals surface area contributed by atoms with Crippen molar-refractivity contribution in [2.45, 2.75) is 33.4 Å². The van der Waals surface area contributed by atoms with Crippen molar-refractivity contribution in [3.05, 3.63) is 72.3 Å². The van der Waals surface area contributed by atoms with Gasteiger partial charge in [0.1, 0.15) is 31.1 Å². The Morgan fingerprint density at radius 1 is 1.13 bits per heavy atom. The van der Waals surface area contributed by atoms with Gasteiger partial charge in [-0.25, -0.2) is 9.67 Å². The van der Waals surface area contributed by atoms with E-state index < -0.39 is 6.04 Å². The Morgan fingerprint density at radius 2 is 1.94 bits per heavy atom. The van der Waals surface area contributed by atoms with Crippen LogP contribution in [-0.4, -0.2) is 39.2 Å². The zero-order valence-corrected chi connectivity index (χ0v) is 17.9. The summed E-state index contributed by atoms with van der Waals surface area (Å²) >= 11 is 0. The number of anilines is 1. The highest BCUT2D eigenvalue weighted by Gasteiger charge is 2.25. The van der Waals surface area contributed by atoms with Crippen molar-refractivity contribution < 1.29 is 14.3 Å². The molecule has 0 saturated heterocycles. The number of ether oxygens (including phenoxy) is 1. The molecule has 8 nitrogen and oxygen atoms in total. The molecule has 31 heavy (non-hydrogen) atoms. The molecule has 0 aliphatic rings. The van der Waals surface area contributed by atoms with Gasteiger partial charge in [0.25, 0.3) is 5.91 Å². The van der Waals surface area contributed by atoms with Gasteiger partial charge in [0, 0.05) is 17.3 Å². The van der Waals surface area contributed by atoms with E-state index in [-0.39, 0.29) is 17.7 Å². The summed E-state index contributed by atoms with van der Waals surface area (Å²) in [4.78, 5) is 29.4. The van der Waals surface area contributed by atoms with Gasteiger partial charge in [0.05, 0.1) is 6.54 Å². The SMILES string of the molecule is Cc1cccc(C(=O)NC(C(=O)Nc2cccc(OCCn3cncn3)c2)C(C)C)c1. The minimum Gasteiger partial charge on any atom is -0.492 e. The van der Waals surface area contributed by atoms with E-state index in [9.17, 15) is 9.59 Å². The molecule has 0 aliphatic heterocycles. The van der Waals surface area contributed by atoms with Crippen LogP contribution in [0.5, 0.6) is 5.75 Å². The van der Waals surface area contributed by atoms with Crippen LogP contribution in [0, 0.1) is 12.8 Å². The molecule has 2 N–H and O–H groups in total. The van der Waals surface area contributed by atoms with E-state index in [1.54, 1.807) is 41.3 Å². The summed E-state index contributed by atoms with van der Waals surface area (Å²) in [6, 6.07) is 13.7. The summed E-state index contributed by atoms with van der Waals surface area (Å²) in [6.07, 6.45) is 3.09. The van der Waals surface area contributed by atoms with Gasteiger partial charge in [-0.2, -0.15) is 5.10 Å². The standard InChI is InChI=1S/C23H27N5O3/c1-16(2)21(27-22(29)18-7-4-6-17(3)12-18)23(30)26-19-8-5-9-20(13-19)31-11-10-28-15-24-14-25-28/h4-9,12-16,21H,10-11H2,1-3H3,(H,26,30)(H,27,29). The van der Waals surface area contributed by atoms with Crippen LogP contribution in [-0.2, 0) is 11.3 Å². The second-order valence-electron chi connectivity index (χ2n) is 7.59. The van der Waals surface area contributed by atoms with Crippen LogP contribution in [0.1, 0.15) is 29.8 Å². The molecular formula is C23H27N5O3. The second kappa shape index (κ2) is 10.4. The summed E-state index contributed by atoms with van der Waals surface area (Å²) in [7, 11) is 0. The van der Waals surface area contributed by atoms with Gasteiger partial charge in [0.15, 0.2) is 0 Å². The van der Waals surface area contributed by atoms with E-state index in [0.717, 1.165) is 5.56 Å². The third-order valence-corrected chi connectivity index (χ3v) is 4.67. The van der Waals surface area contributed by atoms with Crippen molar-refractivity contribution in [1.29, 1.82) is 0 Å². The Balaban J connectivity index is 1.60. The van der Waals surface area contributed by atoms with Gasteiger partial charge in [-0.15, -0.1) is 0 Å². The molecule has 0 aliphatic carbocycles. The van der Waals surface area contributed by atoms with Gasteiger partial charge < -0.3 is 15.4 Å². The predicted octanol–water partition coefficient (Wildman–Crippen LogP) is 3.06. The fraction of sp³-hybridized carbons (Fsp3) is 0.304. The number of amides is 2. The lowest BCUT2D eigenvalue weighted by Gasteiger charge is -2.22. The number of benzene rings is 2. The molecule has 1 heterocycles. The molecule has 0 radical (unpaired) electrons. The maximum absolute atomic E-state index is 12.9. The molecule has 162 valence electrons.